The van der Waals surface area contributed by atoms with Crippen molar-refractivity contribution in [1.29, 1.82) is 0 Å². The Morgan fingerprint density at radius 3 is 2.82 bits per heavy atom. The molecule has 5 nitrogen and oxygen atoms in total. The topological polar surface area (TPSA) is 71.5 Å². The van der Waals surface area contributed by atoms with Crippen LogP contribution in [-0.4, -0.2) is 29.2 Å². The van der Waals surface area contributed by atoms with Gasteiger partial charge < -0.3 is 15.2 Å². The summed E-state index contributed by atoms with van der Waals surface area (Å²) in [7, 11) is 0. The lowest BCUT2D eigenvalue weighted by Gasteiger charge is -2.20. The number of halogens is 1. The summed E-state index contributed by atoms with van der Waals surface area (Å²) in [6, 6.07) is 3.08. The van der Waals surface area contributed by atoms with Crippen molar-refractivity contribution < 1.29 is 14.6 Å². The second-order valence-electron chi connectivity index (χ2n) is 3.67. The van der Waals surface area contributed by atoms with Crippen molar-refractivity contribution in [3.8, 4) is 5.75 Å². The van der Waals surface area contributed by atoms with Crippen molar-refractivity contribution in [3.05, 3.63) is 22.7 Å². The zero-order valence-corrected chi connectivity index (χ0v) is 10.7. The Hall–Kier alpha value is -1.14. The molecular weight excluding hydrogens is 288 g/mol. The van der Waals surface area contributed by atoms with Gasteiger partial charge in [-0.15, -0.1) is 0 Å². The number of carbonyl (C=O) groups excluding carboxylic acids is 1. The van der Waals surface area contributed by atoms with Gasteiger partial charge in [-0.2, -0.15) is 0 Å². The molecule has 1 aliphatic heterocycles. The Morgan fingerprint density at radius 1 is 1.41 bits per heavy atom. The third-order valence-corrected chi connectivity index (χ3v) is 2.93. The van der Waals surface area contributed by atoms with Gasteiger partial charge in [0.05, 0.1) is 5.92 Å². The van der Waals surface area contributed by atoms with Crippen LogP contribution in [0.25, 0.3) is 0 Å². The monoisotopic (exact) mass is 299 g/mol. The molecule has 1 saturated heterocycles. The number of nitrogens with zero attached hydrogens (tertiary/aromatic N) is 1. The minimum atomic E-state index is -0.200. The largest absolute Gasteiger partial charge is 0.504 e. The first-order chi connectivity index (χ1) is 8.16. The predicted octanol–water partition coefficient (Wildman–Crippen LogP) is 1.87. The van der Waals surface area contributed by atoms with E-state index in [1.54, 1.807) is 6.07 Å². The molecule has 91 valence electrons. The lowest BCUT2D eigenvalue weighted by atomic mass is 9.99. The van der Waals surface area contributed by atoms with Crippen LogP contribution in [0.5, 0.6) is 5.75 Å². The first-order valence-corrected chi connectivity index (χ1v) is 6.05. The van der Waals surface area contributed by atoms with Crippen molar-refractivity contribution in [2.75, 3.05) is 18.5 Å². The summed E-state index contributed by atoms with van der Waals surface area (Å²) in [5.74, 6) is 0.698. The molecule has 0 aliphatic carbocycles. The summed E-state index contributed by atoms with van der Waals surface area (Å²) < 4.78 is 5.73. The maximum Gasteiger partial charge on any atom is 0.233 e. The number of amides is 1. The molecule has 1 radical (unpaired) electrons. The number of rotatable bonds is 2. The van der Waals surface area contributed by atoms with E-state index in [4.69, 9.17) is 4.74 Å². The first kappa shape index (κ1) is 12.3. The Bertz CT molecular complexity index is 419. The van der Waals surface area contributed by atoms with Gasteiger partial charge in [-0.05, 0) is 40.9 Å². The normalized spacial score (nSPS) is 16.8. The molecule has 6 heteroatoms. The molecule has 0 bridgehead atoms. The molecule has 1 amide bonds. The summed E-state index contributed by atoms with van der Waals surface area (Å²) in [5.41, 5.74) is 0. The van der Waals surface area contributed by atoms with Crippen LogP contribution >= 0.6 is 15.9 Å². The third kappa shape index (κ3) is 3.17. The molecule has 0 unspecified atom stereocenters. The van der Waals surface area contributed by atoms with Gasteiger partial charge >= 0.3 is 0 Å². The molecule has 0 spiro atoms. The Morgan fingerprint density at radius 2 is 2.12 bits per heavy atom. The number of hydrogen-bond acceptors (Lipinski definition) is 4. The lowest BCUT2D eigenvalue weighted by Crippen LogP contribution is -2.27. The molecule has 1 aromatic heterocycles. The van der Waals surface area contributed by atoms with Gasteiger partial charge in [0.1, 0.15) is 4.60 Å². The van der Waals surface area contributed by atoms with Crippen molar-refractivity contribution in [2.45, 2.75) is 12.8 Å². The quantitative estimate of drug-likeness (QED) is 0.818. The van der Waals surface area contributed by atoms with E-state index in [0.717, 1.165) is 5.92 Å². The Kier molecular flexibility index (Phi) is 3.96. The highest BCUT2D eigenvalue weighted by molar-refractivity contribution is 9.10. The predicted molar refractivity (Wildman–Crippen MR) is 65.5 cm³/mol. The van der Waals surface area contributed by atoms with Crippen LogP contribution in [0.3, 0.4) is 0 Å². The van der Waals surface area contributed by atoms with E-state index >= 15 is 0 Å². The van der Waals surface area contributed by atoms with Crippen LogP contribution < -0.4 is 5.32 Å². The number of ether oxygens (including phenoxy) is 1. The van der Waals surface area contributed by atoms with E-state index in [9.17, 15) is 9.90 Å². The van der Waals surface area contributed by atoms with E-state index in [1.165, 1.54) is 6.07 Å². The Balaban J connectivity index is 2.04. The second-order valence-corrected chi connectivity index (χ2v) is 4.48. The summed E-state index contributed by atoms with van der Waals surface area (Å²) in [4.78, 5) is 15.9. The molecule has 2 heterocycles. The Labute approximate surface area is 107 Å². The fraction of sp³-hybridized carbons (Fsp3) is 0.364. The molecule has 17 heavy (non-hydrogen) atoms. The molecule has 2 rings (SSSR count). The highest BCUT2D eigenvalue weighted by Crippen LogP contribution is 2.25. The van der Waals surface area contributed by atoms with E-state index in [2.05, 4.69) is 26.2 Å². The van der Waals surface area contributed by atoms with Crippen LogP contribution in [-0.2, 0) is 9.53 Å². The number of pyridine rings is 1. The molecule has 1 aromatic rings. The summed E-state index contributed by atoms with van der Waals surface area (Å²) in [6.45, 7) is 1.14. The van der Waals surface area contributed by atoms with Gasteiger partial charge in [0.2, 0.25) is 5.91 Å². The van der Waals surface area contributed by atoms with Crippen LogP contribution in [0.4, 0.5) is 5.82 Å². The van der Waals surface area contributed by atoms with Crippen molar-refractivity contribution >= 4 is 27.7 Å². The second kappa shape index (κ2) is 5.46. The van der Waals surface area contributed by atoms with E-state index < -0.39 is 0 Å². The standard InChI is InChI=1S/C11H12BrN2O3/c12-9-2-1-8(15)10(13-9)14-11(16)7-3-5-17-6-4-7/h1-2,15H,3-6H2,(H,13,14,16). The molecule has 1 fully saturated rings. The number of hydrogen-bond donors (Lipinski definition) is 2. The number of carbonyl (C=O) groups is 1. The van der Waals surface area contributed by atoms with Crippen LogP contribution in [0.1, 0.15) is 12.8 Å². The van der Waals surface area contributed by atoms with Crippen molar-refractivity contribution in [3.63, 3.8) is 0 Å². The molecular formula is C11H12BrN2O3. The maximum atomic E-state index is 11.9. The van der Waals surface area contributed by atoms with Crippen molar-refractivity contribution in [1.82, 2.24) is 4.98 Å². The molecule has 2 N–H and O–H groups in total. The van der Waals surface area contributed by atoms with E-state index in [0.29, 0.717) is 30.7 Å². The van der Waals surface area contributed by atoms with Crippen LogP contribution in [0.2, 0.25) is 0 Å². The average Bonchev–Trinajstić information content (AvgIpc) is 2.35. The number of nitrogens with one attached hydrogen (secondary N) is 1. The minimum absolute atomic E-state index is 0.0470. The lowest BCUT2D eigenvalue weighted by molar-refractivity contribution is -0.116. The highest BCUT2D eigenvalue weighted by atomic mass is 79.9. The van der Waals surface area contributed by atoms with Gasteiger partial charge in [0, 0.05) is 13.2 Å². The molecule has 0 saturated carbocycles. The van der Waals surface area contributed by atoms with Crippen molar-refractivity contribution in [2.24, 2.45) is 0 Å². The SMILES string of the molecule is O=C(Nc1nc(Br)ccc1O)[C]1CCOCC1. The van der Waals surface area contributed by atoms with Gasteiger partial charge in [-0.3, -0.25) is 4.79 Å². The maximum absolute atomic E-state index is 11.9. The van der Waals surface area contributed by atoms with E-state index in [1.807, 2.05) is 0 Å². The van der Waals surface area contributed by atoms with Gasteiger partial charge in [-0.25, -0.2) is 4.98 Å². The minimum Gasteiger partial charge on any atom is -0.504 e. The highest BCUT2D eigenvalue weighted by Gasteiger charge is 2.23. The average molecular weight is 300 g/mol. The van der Waals surface area contributed by atoms with Gasteiger partial charge in [0.15, 0.2) is 11.6 Å². The van der Waals surface area contributed by atoms with E-state index in [-0.39, 0.29) is 17.5 Å². The van der Waals surface area contributed by atoms with Crippen LogP contribution in [0, 0.1) is 5.92 Å². The summed E-state index contributed by atoms with van der Waals surface area (Å²) in [6.07, 6.45) is 1.25. The molecule has 0 atom stereocenters. The van der Waals surface area contributed by atoms with Crippen LogP contribution in [0.15, 0.2) is 16.7 Å². The van der Waals surface area contributed by atoms with Gasteiger partial charge in [0.25, 0.3) is 0 Å². The number of aromatic nitrogens is 1. The fourth-order valence-corrected chi connectivity index (χ4v) is 1.87. The number of anilines is 1. The summed E-state index contributed by atoms with van der Waals surface area (Å²) in [5, 5.41) is 12.1. The first-order valence-electron chi connectivity index (χ1n) is 5.26. The molecule has 0 aromatic carbocycles. The van der Waals surface area contributed by atoms with Gasteiger partial charge in [-0.1, -0.05) is 0 Å². The molecule has 1 aliphatic rings. The summed E-state index contributed by atoms with van der Waals surface area (Å²) >= 11 is 3.18. The third-order valence-electron chi connectivity index (χ3n) is 2.49. The zero-order valence-electron chi connectivity index (χ0n) is 9.07. The smallest absolute Gasteiger partial charge is 0.233 e. The fourth-order valence-electron chi connectivity index (χ4n) is 1.56. The number of aromatic hydroxyl groups is 1. The zero-order chi connectivity index (χ0) is 12.3.